The molecule has 0 aliphatic carbocycles. The highest BCUT2D eigenvalue weighted by atomic mass is 35.5. The van der Waals surface area contributed by atoms with Gasteiger partial charge in [0.2, 0.25) is 11.8 Å². The Kier molecular flexibility index (Phi) is 4.24. The van der Waals surface area contributed by atoms with Gasteiger partial charge in [-0.05, 0) is 12.1 Å². The Hall–Kier alpha value is -2.08. The molecule has 0 saturated heterocycles. The highest BCUT2D eigenvalue weighted by molar-refractivity contribution is 6.31. The molecule has 0 unspecified atom stereocenters. The lowest BCUT2D eigenvalue weighted by molar-refractivity contribution is 0.369. The molecule has 0 saturated carbocycles. The Bertz CT molecular complexity index is 615. The third kappa shape index (κ3) is 2.91. The lowest BCUT2D eigenvalue weighted by Gasteiger charge is -2.10. The number of methoxy groups -OCH3 is 2. The fourth-order valence-electron chi connectivity index (χ4n) is 1.69. The number of benzene rings is 1. The maximum absolute atomic E-state index is 13.5. The maximum Gasteiger partial charge on any atom is 0.220 e. The predicted octanol–water partition coefficient (Wildman–Crippen LogP) is 2.46. The van der Waals surface area contributed by atoms with Crippen molar-refractivity contribution >= 4 is 17.3 Å². The summed E-state index contributed by atoms with van der Waals surface area (Å²) in [6.07, 6.45) is 0.177. The van der Waals surface area contributed by atoms with Crippen molar-refractivity contribution in [3.05, 3.63) is 40.4 Å². The molecule has 20 heavy (non-hydrogen) atoms. The van der Waals surface area contributed by atoms with Crippen molar-refractivity contribution in [3.8, 4) is 11.8 Å². The molecule has 0 radical (unpaired) electrons. The minimum absolute atomic E-state index is 0.0112. The summed E-state index contributed by atoms with van der Waals surface area (Å²) in [5, 5.41) is 0.356. The molecule has 0 aliphatic rings. The van der Waals surface area contributed by atoms with E-state index in [2.05, 4.69) is 9.97 Å². The van der Waals surface area contributed by atoms with Gasteiger partial charge in [-0.15, -0.1) is 0 Å². The van der Waals surface area contributed by atoms with Gasteiger partial charge in [-0.2, -0.15) is 9.97 Å². The molecule has 0 fully saturated rings. The number of hydrogen-bond acceptors (Lipinski definition) is 5. The molecular weight excluding hydrogens is 285 g/mol. The zero-order valence-corrected chi connectivity index (χ0v) is 11.7. The van der Waals surface area contributed by atoms with Crippen molar-refractivity contribution in [2.75, 3.05) is 20.0 Å². The SMILES string of the molecule is COc1cc(OC)nc(Cc2c(Cl)ccc(F)c2N)n1. The minimum Gasteiger partial charge on any atom is -0.481 e. The van der Waals surface area contributed by atoms with Crippen LogP contribution < -0.4 is 15.2 Å². The van der Waals surface area contributed by atoms with E-state index < -0.39 is 5.82 Å². The van der Waals surface area contributed by atoms with Gasteiger partial charge in [-0.25, -0.2) is 4.39 Å². The zero-order valence-electron chi connectivity index (χ0n) is 11.0. The molecule has 5 nitrogen and oxygen atoms in total. The monoisotopic (exact) mass is 297 g/mol. The van der Waals surface area contributed by atoms with Crippen LogP contribution >= 0.6 is 11.6 Å². The van der Waals surface area contributed by atoms with Crippen LogP contribution in [0.25, 0.3) is 0 Å². The lowest BCUT2D eigenvalue weighted by Crippen LogP contribution is -2.05. The van der Waals surface area contributed by atoms with Crippen molar-refractivity contribution in [2.24, 2.45) is 0 Å². The van der Waals surface area contributed by atoms with Gasteiger partial charge in [0, 0.05) is 17.0 Å². The summed E-state index contributed by atoms with van der Waals surface area (Å²) >= 11 is 6.03. The largest absolute Gasteiger partial charge is 0.481 e. The van der Waals surface area contributed by atoms with Crippen LogP contribution in [0.4, 0.5) is 10.1 Å². The molecule has 0 amide bonds. The van der Waals surface area contributed by atoms with Gasteiger partial charge in [0.25, 0.3) is 0 Å². The zero-order chi connectivity index (χ0) is 14.7. The number of aromatic nitrogens is 2. The number of nitrogens with two attached hydrogens (primary N) is 1. The summed E-state index contributed by atoms with van der Waals surface area (Å²) < 4.78 is 23.6. The van der Waals surface area contributed by atoms with Crippen LogP contribution in [0, 0.1) is 5.82 Å². The molecule has 0 atom stereocenters. The van der Waals surface area contributed by atoms with Crippen LogP contribution in [0.1, 0.15) is 11.4 Å². The molecule has 2 aromatic rings. The molecule has 1 aromatic carbocycles. The van der Waals surface area contributed by atoms with Crippen LogP contribution in [0.3, 0.4) is 0 Å². The molecule has 0 aliphatic heterocycles. The standard InChI is InChI=1S/C13H13ClFN3O2/c1-19-11-6-12(20-2)18-10(17-11)5-7-8(14)3-4-9(15)13(7)16/h3-4,6H,5,16H2,1-2H3. The first kappa shape index (κ1) is 14.3. The molecule has 1 aromatic heterocycles. The second kappa shape index (κ2) is 5.92. The third-order valence-electron chi connectivity index (χ3n) is 2.73. The molecule has 0 bridgehead atoms. The first-order valence-electron chi connectivity index (χ1n) is 5.73. The maximum atomic E-state index is 13.5. The molecule has 2 N–H and O–H groups in total. The Balaban J connectivity index is 2.42. The number of ether oxygens (including phenoxy) is 2. The first-order chi connectivity index (χ1) is 9.55. The number of halogens is 2. The normalized spacial score (nSPS) is 10.4. The van der Waals surface area contributed by atoms with Crippen LogP contribution in [-0.2, 0) is 6.42 Å². The molecule has 0 spiro atoms. The number of hydrogen-bond donors (Lipinski definition) is 1. The van der Waals surface area contributed by atoms with Gasteiger partial charge >= 0.3 is 0 Å². The fourth-order valence-corrected chi connectivity index (χ4v) is 1.92. The average molecular weight is 298 g/mol. The molecule has 106 valence electrons. The molecule has 2 rings (SSSR count). The Morgan fingerprint density at radius 2 is 1.80 bits per heavy atom. The number of nitrogens with zero attached hydrogens (tertiary/aromatic N) is 2. The van der Waals surface area contributed by atoms with Gasteiger partial charge in [0.1, 0.15) is 11.6 Å². The minimum atomic E-state index is -0.528. The van der Waals surface area contributed by atoms with Crippen molar-refractivity contribution in [1.82, 2.24) is 9.97 Å². The van der Waals surface area contributed by atoms with Crippen molar-refractivity contribution < 1.29 is 13.9 Å². The summed E-state index contributed by atoms with van der Waals surface area (Å²) in [5.41, 5.74) is 6.12. The Morgan fingerprint density at radius 3 is 2.35 bits per heavy atom. The quantitative estimate of drug-likeness (QED) is 0.878. The molecule has 1 heterocycles. The fraction of sp³-hybridized carbons (Fsp3) is 0.231. The highest BCUT2D eigenvalue weighted by Crippen LogP contribution is 2.27. The first-order valence-corrected chi connectivity index (χ1v) is 6.11. The van der Waals surface area contributed by atoms with Gasteiger partial charge in [-0.1, -0.05) is 11.6 Å². The Morgan fingerprint density at radius 1 is 1.20 bits per heavy atom. The smallest absolute Gasteiger partial charge is 0.220 e. The van der Waals surface area contributed by atoms with Crippen molar-refractivity contribution in [1.29, 1.82) is 0 Å². The van der Waals surface area contributed by atoms with E-state index in [0.717, 1.165) is 0 Å². The molecule has 7 heteroatoms. The van der Waals surface area contributed by atoms with E-state index in [1.165, 1.54) is 26.4 Å². The van der Waals surface area contributed by atoms with Gasteiger partial charge < -0.3 is 15.2 Å². The lowest BCUT2D eigenvalue weighted by atomic mass is 10.1. The van der Waals surface area contributed by atoms with Gasteiger partial charge in [0.05, 0.1) is 26.0 Å². The van der Waals surface area contributed by atoms with Crippen LogP contribution in [0.5, 0.6) is 11.8 Å². The van der Waals surface area contributed by atoms with E-state index in [1.807, 2.05) is 0 Å². The van der Waals surface area contributed by atoms with Crippen molar-refractivity contribution in [3.63, 3.8) is 0 Å². The second-order valence-electron chi connectivity index (χ2n) is 3.97. The molecular formula is C13H13ClFN3O2. The summed E-state index contributed by atoms with van der Waals surface area (Å²) in [4.78, 5) is 8.31. The highest BCUT2D eigenvalue weighted by Gasteiger charge is 2.13. The summed E-state index contributed by atoms with van der Waals surface area (Å²) in [5.74, 6) is 0.538. The van der Waals surface area contributed by atoms with Crippen molar-refractivity contribution in [2.45, 2.75) is 6.42 Å². The van der Waals surface area contributed by atoms with Gasteiger partial charge in [-0.3, -0.25) is 0 Å². The van der Waals surface area contributed by atoms with Crippen LogP contribution in [-0.4, -0.2) is 24.2 Å². The predicted molar refractivity (Wildman–Crippen MR) is 73.8 cm³/mol. The third-order valence-corrected chi connectivity index (χ3v) is 3.08. The van der Waals surface area contributed by atoms with E-state index in [0.29, 0.717) is 28.2 Å². The van der Waals surface area contributed by atoms with Gasteiger partial charge in [0.15, 0.2) is 0 Å². The van der Waals surface area contributed by atoms with E-state index in [9.17, 15) is 4.39 Å². The van der Waals surface area contributed by atoms with E-state index >= 15 is 0 Å². The summed E-state index contributed by atoms with van der Waals surface area (Å²) in [7, 11) is 2.96. The van der Waals surface area contributed by atoms with E-state index in [-0.39, 0.29) is 12.1 Å². The van der Waals surface area contributed by atoms with Crippen LogP contribution in [0.2, 0.25) is 5.02 Å². The van der Waals surface area contributed by atoms with Crippen LogP contribution in [0.15, 0.2) is 18.2 Å². The summed E-state index contributed by atoms with van der Waals surface area (Å²) in [6.45, 7) is 0. The second-order valence-corrected chi connectivity index (χ2v) is 4.37. The van der Waals surface area contributed by atoms with E-state index in [4.69, 9.17) is 26.8 Å². The number of nitrogen functional groups attached to an aromatic ring is 1. The number of rotatable bonds is 4. The average Bonchev–Trinajstić information content (AvgIpc) is 2.47. The summed E-state index contributed by atoms with van der Waals surface area (Å²) in [6, 6.07) is 4.20. The topological polar surface area (TPSA) is 70.3 Å². The Labute approximate surface area is 120 Å². The number of anilines is 1. The van der Waals surface area contributed by atoms with E-state index in [1.54, 1.807) is 6.07 Å².